The molecule has 1 atom stereocenters. The van der Waals surface area contributed by atoms with Crippen molar-refractivity contribution in [2.45, 2.75) is 19.9 Å². The summed E-state index contributed by atoms with van der Waals surface area (Å²) in [4.78, 5) is 24.1. The number of carbonyl (C=O) groups is 2. The second kappa shape index (κ2) is 6.47. The van der Waals surface area contributed by atoms with Gasteiger partial charge in [0.15, 0.2) is 11.5 Å². The van der Waals surface area contributed by atoms with Gasteiger partial charge in [-0.15, -0.1) is 0 Å². The third-order valence-electron chi connectivity index (χ3n) is 3.22. The van der Waals surface area contributed by atoms with Crippen molar-refractivity contribution in [3.63, 3.8) is 0 Å². The molecular formula is C15H19NO5. The van der Waals surface area contributed by atoms with Gasteiger partial charge >= 0.3 is 5.97 Å². The normalized spacial score (nSPS) is 14.5. The second-order valence-electron chi connectivity index (χ2n) is 5.05. The van der Waals surface area contributed by atoms with E-state index in [0.717, 1.165) is 0 Å². The molecule has 0 radical (unpaired) electrons. The molecule has 1 N–H and O–H groups in total. The number of amides is 1. The van der Waals surface area contributed by atoms with Crippen LogP contribution in [0.15, 0.2) is 18.2 Å². The molecular weight excluding hydrogens is 274 g/mol. The Labute approximate surface area is 123 Å². The van der Waals surface area contributed by atoms with E-state index in [1.807, 2.05) is 13.8 Å². The highest BCUT2D eigenvalue weighted by molar-refractivity contribution is 5.99. The fraction of sp³-hybridized carbons (Fsp3) is 0.467. The Morgan fingerprint density at radius 2 is 1.95 bits per heavy atom. The van der Waals surface area contributed by atoms with Crippen LogP contribution < -0.4 is 14.8 Å². The third-order valence-corrected chi connectivity index (χ3v) is 3.22. The van der Waals surface area contributed by atoms with E-state index in [9.17, 15) is 9.59 Å². The van der Waals surface area contributed by atoms with E-state index in [4.69, 9.17) is 14.2 Å². The fourth-order valence-electron chi connectivity index (χ4n) is 2.10. The Hall–Kier alpha value is -2.24. The fourth-order valence-corrected chi connectivity index (χ4v) is 2.10. The highest BCUT2D eigenvalue weighted by atomic mass is 16.6. The van der Waals surface area contributed by atoms with Crippen molar-refractivity contribution in [2.75, 3.05) is 20.3 Å². The van der Waals surface area contributed by atoms with Gasteiger partial charge in [0.1, 0.15) is 19.3 Å². The molecule has 21 heavy (non-hydrogen) atoms. The van der Waals surface area contributed by atoms with Crippen LogP contribution in [-0.4, -0.2) is 38.2 Å². The first kappa shape index (κ1) is 15.2. The van der Waals surface area contributed by atoms with E-state index in [2.05, 4.69) is 5.32 Å². The first-order valence-electron chi connectivity index (χ1n) is 6.82. The number of hydrogen-bond donors (Lipinski definition) is 1. The molecule has 0 fully saturated rings. The predicted octanol–water partition coefficient (Wildman–Crippen LogP) is 1.39. The van der Waals surface area contributed by atoms with Gasteiger partial charge in [-0.2, -0.15) is 0 Å². The van der Waals surface area contributed by atoms with Gasteiger partial charge in [0.25, 0.3) is 5.91 Å². The topological polar surface area (TPSA) is 73.9 Å². The number of benzene rings is 1. The number of carbonyl (C=O) groups excluding carboxylic acids is 2. The van der Waals surface area contributed by atoms with E-state index < -0.39 is 12.0 Å². The first-order valence-corrected chi connectivity index (χ1v) is 6.82. The van der Waals surface area contributed by atoms with Crippen LogP contribution in [0.25, 0.3) is 0 Å². The van der Waals surface area contributed by atoms with Crippen LogP contribution in [0.4, 0.5) is 0 Å². The molecule has 1 aromatic carbocycles. The van der Waals surface area contributed by atoms with Crippen LogP contribution in [0.2, 0.25) is 0 Å². The number of hydrogen-bond acceptors (Lipinski definition) is 5. The molecule has 2 rings (SSSR count). The van der Waals surface area contributed by atoms with E-state index >= 15 is 0 Å². The molecule has 0 saturated heterocycles. The Kier molecular flexibility index (Phi) is 4.67. The van der Waals surface area contributed by atoms with Gasteiger partial charge < -0.3 is 19.5 Å². The lowest BCUT2D eigenvalue weighted by Gasteiger charge is -2.23. The summed E-state index contributed by atoms with van der Waals surface area (Å²) in [6.07, 6.45) is 0. The summed E-state index contributed by atoms with van der Waals surface area (Å²) in [5.74, 6) is 0.00145. The van der Waals surface area contributed by atoms with Crippen LogP contribution in [0.5, 0.6) is 11.5 Å². The van der Waals surface area contributed by atoms with Gasteiger partial charge in [0.05, 0.1) is 12.7 Å². The summed E-state index contributed by atoms with van der Waals surface area (Å²) >= 11 is 0. The van der Waals surface area contributed by atoms with Gasteiger partial charge in [-0.25, -0.2) is 4.79 Å². The molecule has 0 spiro atoms. The zero-order chi connectivity index (χ0) is 15.4. The van der Waals surface area contributed by atoms with Gasteiger partial charge in [-0.3, -0.25) is 4.79 Å². The molecule has 1 unspecified atom stereocenters. The first-order chi connectivity index (χ1) is 10.0. The molecule has 1 heterocycles. The van der Waals surface area contributed by atoms with Crippen molar-refractivity contribution in [3.8, 4) is 11.5 Å². The van der Waals surface area contributed by atoms with E-state index in [-0.39, 0.29) is 11.8 Å². The van der Waals surface area contributed by atoms with Crippen LogP contribution in [0.3, 0.4) is 0 Å². The molecule has 6 heteroatoms. The molecule has 0 saturated carbocycles. The average Bonchev–Trinajstić information content (AvgIpc) is 2.50. The summed E-state index contributed by atoms with van der Waals surface area (Å²) < 4.78 is 15.7. The van der Waals surface area contributed by atoms with Crippen LogP contribution in [0, 0.1) is 5.92 Å². The molecule has 0 bridgehead atoms. The number of esters is 1. The smallest absolute Gasteiger partial charge is 0.328 e. The molecule has 6 nitrogen and oxygen atoms in total. The largest absolute Gasteiger partial charge is 0.486 e. The molecule has 1 aliphatic rings. The van der Waals surface area contributed by atoms with Crippen LogP contribution in [0.1, 0.15) is 24.2 Å². The minimum atomic E-state index is -0.706. The number of nitrogens with one attached hydrogen (secondary N) is 1. The van der Waals surface area contributed by atoms with Crippen molar-refractivity contribution < 1.29 is 23.8 Å². The lowest BCUT2D eigenvalue weighted by Crippen LogP contribution is -2.45. The van der Waals surface area contributed by atoms with Gasteiger partial charge in [0.2, 0.25) is 0 Å². The number of para-hydroxylation sites is 1. The minimum Gasteiger partial charge on any atom is -0.486 e. The van der Waals surface area contributed by atoms with Crippen molar-refractivity contribution in [1.29, 1.82) is 0 Å². The van der Waals surface area contributed by atoms with Gasteiger partial charge in [0, 0.05) is 0 Å². The molecule has 0 aliphatic carbocycles. The van der Waals surface area contributed by atoms with E-state index in [0.29, 0.717) is 30.3 Å². The van der Waals surface area contributed by atoms with E-state index in [1.165, 1.54) is 7.11 Å². The number of fused-ring (bicyclic) bond motifs is 1. The average molecular weight is 293 g/mol. The van der Waals surface area contributed by atoms with Crippen LogP contribution >= 0.6 is 0 Å². The van der Waals surface area contributed by atoms with Gasteiger partial charge in [-0.1, -0.05) is 19.9 Å². The van der Waals surface area contributed by atoms with Crippen LogP contribution in [-0.2, 0) is 9.53 Å². The van der Waals surface area contributed by atoms with Crippen molar-refractivity contribution in [1.82, 2.24) is 5.32 Å². The highest BCUT2D eigenvalue weighted by Gasteiger charge is 2.28. The summed E-state index contributed by atoms with van der Waals surface area (Å²) in [5.41, 5.74) is 0.349. The number of methoxy groups -OCH3 is 1. The lowest BCUT2D eigenvalue weighted by atomic mass is 10.0. The van der Waals surface area contributed by atoms with E-state index in [1.54, 1.807) is 18.2 Å². The SMILES string of the molecule is COC(=O)C(NC(=O)c1cccc2c1OCCO2)C(C)C. The summed E-state index contributed by atoms with van der Waals surface area (Å²) in [6, 6.07) is 4.39. The Balaban J connectivity index is 2.22. The molecule has 114 valence electrons. The summed E-state index contributed by atoms with van der Waals surface area (Å²) in [7, 11) is 1.30. The molecule has 0 aromatic heterocycles. The Morgan fingerprint density at radius 1 is 1.24 bits per heavy atom. The van der Waals surface area contributed by atoms with Gasteiger partial charge in [-0.05, 0) is 18.1 Å². The maximum Gasteiger partial charge on any atom is 0.328 e. The lowest BCUT2D eigenvalue weighted by molar-refractivity contribution is -0.144. The molecule has 1 aromatic rings. The summed E-state index contributed by atoms with van der Waals surface area (Å²) in [5, 5.41) is 2.68. The number of ether oxygens (including phenoxy) is 3. The zero-order valence-corrected chi connectivity index (χ0v) is 12.3. The zero-order valence-electron chi connectivity index (χ0n) is 12.3. The standard InChI is InChI=1S/C15H19NO5/c1-9(2)12(15(18)19-3)16-14(17)10-5-4-6-11-13(10)21-8-7-20-11/h4-6,9,12H,7-8H2,1-3H3,(H,16,17). The maximum atomic E-state index is 12.4. The summed E-state index contributed by atoms with van der Waals surface area (Å²) in [6.45, 7) is 4.51. The predicted molar refractivity (Wildman–Crippen MR) is 75.5 cm³/mol. The third kappa shape index (κ3) is 3.26. The Morgan fingerprint density at radius 3 is 2.62 bits per heavy atom. The molecule has 1 amide bonds. The van der Waals surface area contributed by atoms with Crippen molar-refractivity contribution in [2.24, 2.45) is 5.92 Å². The maximum absolute atomic E-state index is 12.4. The number of rotatable bonds is 4. The minimum absolute atomic E-state index is 0.0851. The molecule has 1 aliphatic heterocycles. The highest BCUT2D eigenvalue weighted by Crippen LogP contribution is 2.33. The Bertz CT molecular complexity index is 541. The quantitative estimate of drug-likeness (QED) is 0.849. The van der Waals surface area contributed by atoms with Crippen molar-refractivity contribution in [3.05, 3.63) is 23.8 Å². The second-order valence-corrected chi connectivity index (χ2v) is 5.05. The van der Waals surface area contributed by atoms with Crippen molar-refractivity contribution >= 4 is 11.9 Å². The monoisotopic (exact) mass is 293 g/mol.